The van der Waals surface area contributed by atoms with Crippen LogP contribution < -0.4 is 0 Å². The summed E-state index contributed by atoms with van der Waals surface area (Å²) >= 11 is 0. The second kappa shape index (κ2) is 6.65. The Labute approximate surface area is 114 Å². The lowest BCUT2D eigenvalue weighted by Gasteiger charge is -2.36. The standard InChI is InChI=1S/C15H21N3O/c1-12(19)8-15-4-2-3-7-18(15)11-13-5-6-17-14(9-13)10-16/h5-6,9,12,15,19H,2-4,7-8,11H2,1H3. The summed E-state index contributed by atoms with van der Waals surface area (Å²) in [5.74, 6) is 0. The van der Waals surface area contributed by atoms with Gasteiger partial charge in [-0.05, 0) is 50.4 Å². The van der Waals surface area contributed by atoms with E-state index in [1.165, 1.54) is 12.8 Å². The number of hydrogen-bond acceptors (Lipinski definition) is 4. The van der Waals surface area contributed by atoms with Crippen molar-refractivity contribution in [2.24, 2.45) is 0 Å². The number of nitrogens with zero attached hydrogens (tertiary/aromatic N) is 3. The summed E-state index contributed by atoms with van der Waals surface area (Å²) in [7, 11) is 0. The highest BCUT2D eigenvalue weighted by Crippen LogP contribution is 2.23. The first-order valence-electron chi connectivity index (χ1n) is 6.96. The first-order chi connectivity index (χ1) is 9.19. The molecule has 1 aliphatic rings. The van der Waals surface area contributed by atoms with Crippen LogP contribution in [0, 0.1) is 11.3 Å². The van der Waals surface area contributed by atoms with Gasteiger partial charge in [-0.3, -0.25) is 4.90 Å². The quantitative estimate of drug-likeness (QED) is 0.899. The molecule has 2 unspecified atom stereocenters. The molecular weight excluding hydrogens is 238 g/mol. The highest BCUT2D eigenvalue weighted by atomic mass is 16.3. The molecule has 0 radical (unpaired) electrons. The fourth-order valence-electron chi connectivity index (χ4n) is 2.80. The molecule has 1 fully saturated rings. The Morgan fingerprint density at radius 1 is 1.58 bits per heavy atom. The zero-order valence-corrected chi connectivity index (χ0v) is 11.4. The van der Waals surface area contributed by atoms with Crippen LogP contribution in [0.2, 0.25) is 0 Å². The molecule has 0 aliphatic carbocycles. The minimum absolute atomic E-state index is 0.252. The van der Waals surface area contributed by atoms with Crippen molar-refractivity contribution in [3.8, 4) is 6.07 Å². The molecule has 1 aliphatic heterocycles. The van der Waals surface area contributed by atoms with Crippen molar-refractivity contribution in [2.45, 2.75) is 51.3 Å². The van der Waals surface area contributed by atoms with Gasteiger partial charge in [0.15, 0.2) is 0 Å². The summed E-state index contributed by atoms with van der Waals surface area (Å²) in [4.78, 5) is 6.42. The van der Waals surface area contributed by atoms with E-state index < -0.39 is 0 Å². The van der Waals surface area contributed by atoms with E-state index in [1.807, 2.05) is 19.1 Å². The van der Waals surface area contributed by atoms with Crippen LogP contribution in [0.5, 0.6) is 0 Å². The number of aliphatic hydroxyl groups is 1. The van der Waals surface area contributed by atoms with Gasteiger partial charge in [-0.25, -0.2) is 4.98 Å². The Morgan fingerprint density at radius 2 is 2.42 bits per heavy atom. The van der Waals surface area contributed by atoms with Gasteiger partial charge in [-0.1, -0.05) is 6.42 Å². The molecule has 19 heavy (non-hydrogen) atoms. The van der Waals surface area contributed by atoms with Gasteiger partial charge in [0.25, 0.3) is 0 Å². The third kappa shape index (κ3) is 4.02. The number of nitriles is 1. The fourth-order valence-corrected chi connectivity index (χ4v) is 2.80. The summed E-state index contributed by atoms with van der Waals surface area (Å²) in [6, 6.07) is 6.35. The SMILES string of the molecule is CC(O)CC1CCCCN1Cc1ccnc(C#N)c1. The predicted molar refractivity (Wildman–Crippen MR) is 73.3 cm³/mol. The molecule has 0 amide bonds. The van der Waals surface area contributed by atoms with Crippen LogP contribution in [0.25, 0.3) is 0 Å². The van der Waals surface area contributed by atoms with Crippen molar-refractivity contribution in [1.82, 2.24) is 9.88 Å². The van der Waals surface area contributed by atoms with Crippen molar-refractivity contribution in [2.75, 3.05) is 6.54 Å². The first-order valence-corrected chi connectivity index (χ1v) is 6.96. The number of piperidine rings is 1. The molecule has 0 saturated carbocycles. The Hall–Kier alpha value is -1.44. The first kappa shape index (κ1) is 14.0. The van der Waals surface area contributed by atoms with Crippen LogP contribution in [0.3, 0.4) is 0 Å². The summed E-state index contributed by atoms with van der Waals surface area (Å²) in [5.41, 5.74) is 1.60. The average molecular weight is 259 g/mol. The molecule has 102 valence electrons. The number of pyridine rings is 1. The Kier molecular flexibility index (Phi) is 4.89. The molecule has 4 heteroatoms. The number of aliphatic hydroxyl groups excluding tert-OH is 1. The third-order valence-corrected chi connectivity index (χ3v) is 3.69. The van der Waals surface area contributed by atoms with Gasteiger partial charge < -0.3 is 5.11 Å². The van der Waals surface area contributed by atoms with Crippen molar-refractivity contribution < 1.29 is 5.11 Å². The fraction of sp³-hybridized carbons (Fsp3) is 0.600. The van der Waals surface area contributed by atoms with Crippen LogP contribution in [-0.2, 0) is 6.54 Å². The summed E-state index contributed by atoms with van der Waals surface area (Å²) in [6.45, 7) is 3.77. The Bertz CT molecular complexity index is 453. The smallest absolute Gasteiger partial charge is 0.140 e. The molecule has 1 aromatic heterocycles. The van der Waals surface area contributed by atoms with Crippen molar-refractivity contribution in [3.63, 3.8) is 0 Å². The van der Waals surface area contributed by atoms with E-state index in [2.05, 4.69) is 16.0 Å². The second-order valence-corrected chi connectivity index (χ2v) is 5.37. The molecule has 1 N–H and O–H groups in total. The molecule has 2 rings (SSSR count). The number of likely N-dealkylation sites (tertiary alicyclic amines) is 1. The second-order valence-electron chi connectivity index (χ2n) is 5.37. The average Bonchev–Trinajstić information content (AvgIpc) is 2.41. The molecule has 2 heterocycles. The maximum absolute atomic E-state index is 9.59. The molecule has 2 atom stereocenters. The van der Waals surface area contributed by atoms with E-state index in [0.29, 0.717) is 11.7 Å². The topological polar surface area (TPSA) is 60.1 Å². The van der Waals surface area contributed by atoms with Gasteiger partial charge in [0.05, 0.1) is 6.10 Å². The number of hydrogen-bond donors (Lipinski definition) is 1. The van der Waals surface area contributed by atoms with Crippen LogP contribution in [0.15, 0.2) is 18.3 Å². The molecule has 0 bridgehead atoms. The van der Waals surface area contributed by atoms with Gasteiger partial charge in [0.2, 0.25) is 0 Å². The molecule has 4 nitrogen and oxygen atoms in total. The zero-order chi connectivity index (χ0) is 13.7. The molecule has 1 aromatic rings. The lowest BCUT2D eigenvalue weighted by molar-refractivity contribution is 0.0817. The molecular formula is C15H21N3O. The Balaban J connectivity index is 2.04. The van der Waals surface area contributed by atoms with Gasteiger partial charge >= 0.3 is 0 Å². The predicted octanol–water partition coefficient (Wildman–Crippen LogP) is 2.08. The van der Waals surface area contributed by atoms with Crippen molar-refractivity contribution in [3.05, 3.63) is 29.6 Å². The summed E-state index contributed by atoms with van der Waals surface area (Å²) < 4.78 is 0. The van der Waals surface area contributed by atoms with Crippen LogP contribution >= 0.6 is 0 Å². The monoisotopic (exact) mass is 259 g/mol. The minimum atomic E-state index is -0.252. The van der Waals surface area contributed by atoms with E-state index >= 15 is 0 Å². The molecule has 1 saturated heterocycles. The molecule has 0 spiro atoms. The number of aromatic nitrogens is 1. The summed E-state index contributed by atoms with van der Waals surface area (Å²) in [5, 5.41) is 18.5. The highest BCUT2D eigenvalue weighted by Gasteiger charge is 2.23. The maximum Gasteiger partial charge on any atom is 0.140 e. The number of rotatable bonds is 4. The van der Waals surface area contributed by atoms with Gasteiger partial charge in [0, 0.05) is 18.8 Å². The minimum Gasteiger partial charge on any atom is -0.393 e. The van der Waals surface area contributed by atoms with Crippen LogP contribution in [0.4, 0.5) is 0 Å². The van der Waals surface area contributed by atoms with Gasteiger partial charge in [-0.15, -0.1) is 0 Å². The lowest BCUT2D eigenvalue weighted by Crippen LogP contribution is -2.40. The highest BCUT2D eigenvalue weighted by molar-refractivity contribution is 5.25. The lowest BCUT2D eigenvalue weighted by atomic mass is 9.96. The van der Waals surface area contributed by atoms with Gasteiger partial charge in [-0.2, -0.15) is 5.26 Å². The van der Waals surface area contributed by atoms with E-state index in [1.54, 1.807) is 6.20 Å². The van der Waals surface area contributed by atoms with Crippen molar-refractivity contribution >= 4 is 0 Å². The summed E-state index contributed by atoms with van der Waals surface area (Å²) in [6.07, 6.45) is 5.89. The zero-order valence-electron chi connectivity index (χ0n) is 11.4. The van der Waals surface area contributed by atoms with E-state index in [4.69, 9.17) is 5.26 Å². The normalized spacial score (nSPS) is 21.8. The van der Waals surface area contributed by atoms with Crippen LogP contribution in [0.1, 0.15) is 43.9 Å². The third-order valence-electron chi connectivity index (χ3n) is 3.69. The van der Waals surface area contributed by atoms with Crippen LogP contribution in [-0.4, -0.2) is 33.7 Å². The van der Waals surface area contributed by atoms with Gasteiger partial charge in [0.1, 0.15) is 11.8 Å². The largest absolute Gasteiger partial charge is 0.393 e. The molecule has 0 aromatic carbocycles. The van der Waals surface area contributed by atoms with E-state index in [-0.39, 0.29) is 6.10 Å². The van der Waals surface area contributed by atoms with Crippen molar-refractivity contribution in [1.29, 1.82) is 5.26 Å². The Morgan fingerprint density at radius 3 is 3.16 bits per heavy atom. The van der Waals surface area contributed by atoms with E-state index in [9.17, 15) is 5.11 Å². The van der Waals surface area contributed by atoms with E-state index in [0.717, 1.165) is 31.5 Å². The maximum atomic E-state index is 9.59.